The summed E-state index contributed by atoms with van der Waals surface area (Å²) in [5.74, 6) is 0.445. The number of rotatable bonds is 5. The van der Waals surface area contributed by atoms with E-state index in [0.717, 1.165) is 25.0 Å². The van der Waals surface area contributed by atoms with Crippen LogP contribution in [-0.2, 0) is 16.0 Å². The van der Waals surface area contributed by atoms with E-state index in [0.29, 0.717) is 25.7 Å². The molecule has 2 aliphatic rings. The molecule has 2 atom stereocenters. The van der Waals surface area contributed by atoms with E-state index in [-0.39, 0.29) is 11.9 Å². The summed E-state index contributed by atoms with van der Waals surface area (Å²) in [4.78, 5) is 19.3. The maximum atomic E-state index is 12.6. The molecule has 1 amide bonds. The Morgan fingerprint density at radius 1 is 1.11 bits per heavy atom. The Hall–Kier alpha value is -1.98. The van der Waals surface area contributed by atoms with Crippen molar-refractivity contribution in [3.05, 3.63) is 42.1 Å². The standard InChI is InChI=1S/C22H29N3O2/c26-22(14-25-11-5-1-2-6-12-25)24-21-16-27-15-18(21)13-17-9-10-23-20-8-4-3-7-19(17)20/h3-4,7-10,18,21H,1-2,5-6,11-16H2,(H,24,26)/t18-,21-/m1/s1. The van der Waals surface area contributed by atoms with Crippen LogP contribution in [0, 0.1) is 5.92 Å². The zero-order valence-corrected chi connectivity index (χ0v) is 15.9. The fourth-order valence-electron chi connectivity index (χ4n) is 4.32. The number of carbonyl (C=O) groups is 1. The van der Waals surface area contributed by atoms with E-state index in [4.69, 9.17) is 4.74 Å². The number of ether oxygens (including phenoxy) is 1. The number of pyridine rings is 1. The Bertz CT molecular complexity index is 766. The minimum Gasteiger partial charge on any atom is -0.379 e. The van der Waals surface area contributed by atoms with Crippen LogP contribution in [0.25, 0.3) is 10.9 Å². The fraction of sp³-hybridized carbons (Fsp3) is 0.545. The van der Waals surface area contributed by atoms with Crippen LogP contribution in [0.3, 0.4) is 0 Å². The highest BCUT2D eigenvalue weighted by atomic mass is 16.5. The summed E-state index contributed by atoms with van der Waals surface area (Å²) in [5, 5.41) is 4.44. The number of carbonyl (C=O) groups excluding carboxylic acids is 1. The molecule has 0 saturated carbocycles. The molecule has 0 bridgehead atoms. The number of benzene rings is 1. The monoisotopic (exact) mass is 367 g/mol. The van der Waals surface area contributed by atoms with Gasteiger partial charge in [0.2, 0.25) is 5.91 Å². The normalized spacial score (nSPS) is 24.0. The molecule has 2 fully saturated rings. The molecule has 1 N–H and O–H groups in total. The SMILES string of the molecule is O=C(CN1CCCCCC1)N[C@@H]1COC[C@H]1Cc1ccnc2ccccc12. The molecule has 5 nitrogen and oxygen atoms in total. The average Bonchev–Trinajstić information content (AvgIpc) is 2.94. The maximum Gasteiger partial charge on any atom is 0.234 e. The fourth-order valence-corrected chi connectivity index (χ4v) is 4.32. The van der Waals surface area contributed by atoms with E-state index < -0.39 is 0 Å². The van der Waals surface area contributed by atoms with Crippen molar-refractivity contribution in [2.24, 2.45) is 5.92 Å². The highest BCUT2D eigenvalue weighted by Gasteiger charge is 2.30. The Morgan fingerprint density at radius 3 is 2.78 bits per heavy atom. The second kappa shape index (κ2) is 8.81. The third-order valence-corrected chi connectivity index (χ3v) is 5.83. The zero-order valence-electron chi connectivity index (χ0n) is 15.9. The van der Waals surface area contributed by atoms with Crippen LogP contribution in [0.5, 0.6) is 0 Å². The number of nitrogens with one attached hydrogen (secondary N) is 1. The molecule has 4 rings (SSSR count). The molecule has 27 heavy (non-hydrogen) atoms. The molecular formula is C22H29N3O2. The van der Waals surface area contributed by atoms with Gasteiger partial charge in [-0.15, -0.1) is 0 Å². The van der Waals surface area contributed by atoms with Crippen molar-refractivity contribution in [1.29, 1.82) is 0 Å². The number of likely N-dealkylation sites (tertiary alicyclic amines) is 1. The number of amides is 1. The molecule has 3 heterocycles. The van der Waals surface area contributed by atoms with E-state index in [1.54, 1.807) is 0 Å². The molecule has 2 aliphatic heterocycles. The van der Waals surface area contributed by atoms with Crippen molar-refractivity contribution < 1.29 is 9.53 Å². The lowest BCUT2D eigenvalue weighted by Crippen LogP contribution is -2.45. The van der Waals surface area contributed by atoms with Crippen LogP contribution in [0.4, 0.5) is 0 Å². The summed E-state index contributed by atoms with van der Waals surface area (Å²) in [6.07, 6.45) is 7.76. The van der Waals surface area contributed by atoms with Crippen molar-refractivity contribution in [2.45, 2.75) is 38.1 Å². The number of nitrogens with zero attached hydrogens (tertiary/aromatic N) is 2. The second-order valence-corrected chi connectivity index (χ2v) is 7.85. The van der Waals surface area contributed by atoms with Crippen molar-refractivity contribution in [3.8, 4) is 0 Å². The van der Waals surface area contributed by atoms with E-state index in [1.165, 1.54) is 36.6 Å². The van der Waals surface area contributed by atoms with Crippen molar-refractivity contribution in [3.63, 3.8) is 0 Å². The molecule has 0 spiro atoms. The van der Waals surface area contributed by atoms with Gasteiger partial charge in [-0.1, -0.05) is 31.0 Å². The van der Waals surface area contributed by atoms with Crippen molar-refractivity contribution >= 4 is 16.8 Å². The number of para-hydroxylation sites is 1. The Morgan fingerprint density at radius 2 is 1.93 bits per heavy atom. The Labute approximate surface area is 161 Å². The van der Waals surface area contributed by atoms with E-state index in [9.17, 15) is 4.79 Å². The molecule has 144 valence electrons. The van der Waals surface area contributed by atoms with Gasteiger partial charge in [-0.3, -0.25) is 14.7 Å². The summed E-state index contributed by atoms with van der Waals surface area (Å²) in [5.41, 5.74) is 2.30. The summed E-state index contributed by atoms with van der Waals surface area (Å²) < 4.78 is 5.72. The summed E-state index contributed by atoms with van der Waals surface area (Å²) >= 11 is 0. The van der Waals surface area contributed by atoms with E-state index in [2.05, 4.69) is 33.4 Å². The highest BCUT2D eigenvalue weighted by Crippen LogP contribution is 2.24. The van der Waals surface area contributed by atoms with Crippen LogP contribution >= 0.6 is 0 Å². The van der Waals surface area contributed by atoms with Gasteiger partial charge in [0, 0.05) is 17.5 Å². The lowest BCUT2D eigenvalue weighted by Gasteiger charge is -2.23. The summed E-state index contributed by atoms with van der Waals surface area (Å²) in [7, 11) is 0. The van der Waals surface area contributed by atoms with Gasteiger partial charge in [-0.25, -0.2) is 0 Å². The molecule has 2 saturated heterocycles. The van der Waals surface area contributed by atoms with Gasteiger partial charge in [-0.05, 0) is 50.0 Å². The largest absolute Gasteiger partial charge is 0.379 e. The van der Waals surface area contributed by atoms with E-state index in [1.807, 2.05) is 18.3 Å². The summed E-state index contributed by atoms with van der Waals surface area (Å²) in [6, 6.07) is 10.4. The number of fused-ring (bicyclic) bond motifs is 1. The number of hydrogen-bond acceptors (Lipinski definition) is 4. The van der Waals surface area contributed by atoms with Gasteiger partial charge in [0.05, 0.1) is 31.3 Å². The minimum atomic E-state index is 0.0939. The smallest absolute Gasteiger partial charge is 0.234 e. The van der Waals surface area contributed by atoms with Crippen LogP contribution in [0.1, 0.15) is 31.2 Å². The molecule has 0 radical (unpaired) electrons. The first-order chi connectivity index (χ1) is 13.3. The predicted octanol–water partition coefficient (Wildman–Crippen LogP) is 2.78. The van der Waals surface area contributed by atoms with Gasteiger partial charge in [0.1, 0.15) is 0 Å². The lowest BCUT2D eigenvalue weighted by atomic mass is 9.93. The van der Waals surface area contributed by atoms with Crippen molar-refractivity contribution in [2.75, 3.05) is 32.8 Å². The molecule has 1 aromatic heterocycles. The third kappa shape index (κ3) is 4.66. The van der Waals surface area contributed by atoms with Crippen molar-refractivity contribution in [1.82, 2.24) is 15.2 Å². The van der Waals surface area contributed by atoms with E-state index >= 15 is 0 Å². The van der Waals surface area contributed by atoms with Crippen LogP contribution in [0.15, 0.2) is 36.5 Å². The van der Waals surface area contributed by atoms with Crippen LogP contribution in [-0.4, -0.2) is 54.7 Å². The molecular weight excluding hydrogens is 338 g/mol. The Kier molecular flexibility index (Phi) is 6.00. The van der Waals surface area contributed by atoms with Gasteiger partial charge in [-0.2, -0.15) is 0 Å². The molecule has 1 aromatic carbocycles. The van der Waals surface area contributed by atoms with Gasteiger partial charge in [0.15, 0.2) is 0 Å². The van der Waals surface area contributed by atoms with Gasteiger partial charge < -0.3 is 10.1 Å². The molecule has 0 unspecified atom stereocenters. The topological polar surface area (TPSA) is 54.5 Å². The zero-order chi connectivity index (χ0) is 18.5. The number of aromatic nitrogens is 1. The van der Waals surface area contributed by atoms with Gasteiger partial charge in [0.25, 0.3) is 0 Å². The average molecular weight is 367 g/mol. The second-order valence-electron chi connectivity index (χ2n) is 7.85. The molecule has 5 heteroatoms. The number of hydrogen-bond donors (Lipinski definition) is 1. The lowest BCUT2D eigenvalue weighted by molar-refractivity contribution is -0.123. The minimum absolute atomic E-state index is 0.0939. The first kappa shape index (κ1) is 18.4. The Balaban J connectivity index is 1.38. The first-order valence-corrected chi connectivity index (χ1v) is 10.2. The predicted molar refractivity (Wildman–Crippen MR) is 107 cm³/mol. The summed E-state index contributed by atoms with van der Waals surface area (Å²) in [6.45, 7) is 3.91. The molecule has 0 aliphatic carbocycles. The van der Waals surface area contributed by atoms with Crippen LogP contribution in [0.2, 0.25) is 0 Å². The maximum absolute atomic E-state index is 12.6. The first-order valence-electron chi connectivity index (χ1n) is 10.2. The quantitative estimate of drug-likeness (QED) is 0.883. The molecule has 2 aromatic rings. The van der Waals surface area contributed by atoms with Crippen LogP contribution < -0.4 is 5.32 Å². The third-order valence-electron chi connectivity index (χ3n) is 5.83. The van der Waals surface area contributed by atoms with Gasteiger partial charge >= 0.3 is 0 Å². The highest BCUT2D eigenvalue weighted by molar-refractivity contribution is 5.82.